The Bertz CT molecular complexity index is 1170. The van der Waals surface area contributed by atoms with Crippen LogP contribution in [0.3, 0.4) is 0 Å². The van der Waals surface area contributed by atoms with Crippen LogP contribution in [0.5, 0.6) is 5.75 Å². The predicted octanol–water partition coefficient (Wildman–Crippen LogP) is 6.00. The monoisotopic (exact) mass is 532 g/mol. The zero-order valence-corrected chi connectivity index (χ0v) is 18.4. The first-order chi connectivity index (χ1) is 15.2. The summed E-state index contributed by atoms with van der Waals surface area (Å²) in [6, 6.07) is 6.59. The lowest BCUT2D eigenvalue weighted by Crippen LogP contribution is -2.20. The number of hydrogen-bond donors (Lipinski definition) is 2. The molecule has 0 unspecified atom stereocenters. The van der Waals surface area contributed by atoms with Crippen molar-refractivity contribution in [3.05, 3.63) is 59.7 Å². The SMILES string of the molecule is O=C(C=CCBr)Nc1cc2c(Nc3ccc(F)c(Cl)c3)ncnc2cc1OCC(F)(F)F. The van der Waals surface area contributed by atoms with E-state index in [-0.39, 0.29) is 27.8 Å². The fraction of sp³-hybridized carbons (Fsp3) is 0.150. The number of halogens is 6. The van der Waals surface area contributed by atoms with E-state index >= 15 is 0 Å². The van der Waals surface area contributed by atoms with Crippen molar-refractivity contribution in [3.8, 4) is 5.75 Å². The maximum Gasteiger partial charge on any atom is 0.422 e. The van der Waals surface area contributed by atoms with Crippen molar-refractivity contribution in [3.63, 3.8) is 0 Å². The van der Waals surface area contributed by atoms with E-state index in [1.807, 2.05) is 0 Å². The van der Waals surface area contributed by atoms with Crippen LogP contribution in [0.2, 0.25) is 5.02 Å². The smallest absolute Gasteiger partial charge is 0.422 e. The molecule has 0 spiro atoms. The summed E-state index contributed by atoms with van der Waals surface area (Å²) in [5.74, 6) is -1.13. The lowest BCUT2D eigenvalue weighted by atomic mass is 10.1. The molecular weight excluding hydrogens is 520 g/mol. The number of aromatic nitrogens is 2. The van der Waals surface area contributed by atoms with Crippen LogP contribution in [0.4, 0.5) is 34.8 Å². The van der Waals surface area contributed by atoms with Gasteiger partial charge in [-0.1, -0.05) is 33.6 Å². The van der Waals surface area contributed by atoms with Crippen molar-refractivity contribution in [2.45, 2.75) is 6.18 Å². The number of rotatable bonds is 7. The average molecular weight is 534 g/mol. The molecule has 3 aromatic rings. The van der Waals surface area contributed by atoms with E-state index in [0.717, 1.165) is 0 Å². The average Bonchev–Trinajstić information content (AvgIpc) is 2.73. The summed E-state index contributed by atoms with van der Waals surface area (Å²) in [5.41, 5.74) is 0.655. The van der Waals surface area contributed by atoms with Crippen molar-refractivity contribution in [1.82, 2.24) is 9.97 Å². The Labute approximate surface area is 192 Å². The normalized spacial score (nSPS) is 11.7. The number of fused-ring (bicyclic) bond motifs is 1. The molecule has 32 heavy (non-hydrogen) atoms. The van der Waals surface area contributed by atoms with E-state index in [1.165, 1.54) is 48.8 Å². The molecule has 0 radical (unpaired) electrons. The Balaban J connectivity index is 2.03. The van der Waals surface area contributed by atoms with Gasteiger partial charge >= 0.3 is 6.18 Å². The van der Waals surface area contributed by atoms with Crippen molar-refractivity contribution < 1.29 is 27.1 Å². The Kier molecular flexibility index (Phi) is 7.52. The summed E-state index contributed by atoms with van der Waals surface area (Å²) in [5, 5.41) is 6.11. The summed E-state index contributed by atoms with van der Waals surface area (Å²) < 4.78 is 56.4. The van der Waals surface area contributed by atoms with Crippen LogP contribution >= 0.6 is 27.5 Å². The van der Waals surface area contributed by atoms with E-state index in [1.54, 1.807) is 0 Å². The molecule has 6 nitrogen and oxygen atoms in total. The maximum atomic E-state index is 13.4. The number of allylic oxidation sites excluding steroid dienone is 1. The number of carbonyl (C=O) groups excluding carboxylic acids is 1. The molecule has 0 bridgehead atoms. The second-order valence-corrected chi connectivity index (χ2v) is 7.35. The van der Waals surface area contributed by atoms with Gasteiger partial charge in [0.1, 0.15) is 23.7 Å². The van der Waals surface area contributed by atoms with E-state index in [0.29, 0.717) is 16.4 Å². The Morgan fingerprint density at radius 3 is 2.69 bits per heavy atom. The molecule has 0 saturated heterocycles. The summed E-state index contributed by atoms with van der Waals surface area (Å²) in [6.07, 6.45) is -0.651. The summed E-state index contributed by atoms with van der Waals surface area (Å²) in [7, 11) is 0. The van der Waals surface area contributed by atoms with Gasteiger partial charge in [0.2, 0.25) is 5.91 Å². The third-order valence-corrected chi connectivity index (χ3v) is 4.59. The van der Waals surface area contributed by atoms with Gasteiger partial charge < -0.3 is 15.4 Å². The zero-order valence-electron chi connectivity index (χ0n) is 16.0. The molecule has 2 N–H and O–H groups in total. The third kappa shape index (κ3) is 6.30. The molecule has 1 aromatic heterocycles. The minimum atomic E-state index is -4.58. The minimum absolute atomic E-state index is 0.0130. The standard InChI is InChI=1S/C20H14BrClF4N4O2/c21-5-1-2-18(31)30-16-7-12-15(8-17(16)32-9-20(24,25)26)27-10-28-19(12)29-11-3-4-14(23)13(22)6-11/h1-4,6-8,10H,5,9H2,(H,30,31)(H,27,28,29). The van der Waals surface area contributed by atoms with Crippen LogP contribution in [0.1, 0.15) is 0 Å². The van der Waals surface area contributed by atoms with Gasteiger partial charge in [-0.25, -0.2) is 14.4 Å². The molecule has 0 saturated carbocycles. The molecule has 1 heterocycles. The van der Waals surface area contributed by atoms with Gasteiger partial charge in [-0.3, -0.25) is 4.79 Å². The Hall–Kier alpha value is -2.92. The number of hydrogen-bond acceptors (Lipinski definition) is 5. The number of ether oxygens (including phenoxy) is 1. The molecule has 2 aromatic carbocycles. The highest BCUT2D eigenvalue weighted by molar-refractivity contribution is 9.09. The number of anilines is 3. The highest BCUT2D eigenvalue weighted by Gasteiger charge is 2.29. The van der Waals surface area contributed by atoms with Crippen LogP contribution in [-0.4, -0.2) is 34.0 Å². The molecule has 0 aliphatic carbocycles. The second-order valence-electron chi connectivity index (χ2n) is 6.29. The van der Waals surface area contributed by atoms with Gasteiger partial charge in [0.15, 0.2) is 6.61 Å². The number of amides is 1. The second kappa shape index (κ2) is 10.1. The van der Waals surface area contributed by atoms with Crippen LogP contribution in [0.15, 0.2) is 48.8 Å². The van der Waals surface area contributed by atoms with Gasteiger partial charge in [0, 0.05) is 28.5 Å². The first-order valence-electron chi connectivity index (χ1n) is 8.90. The summed E-state index contributed by atoms with van der Waals surface area (Å²) >= 11 is 8.93. The molecular formula is C20H14BrClF4N4O2. The Morgan fingerprint density at radius 2 is 2.00 bits per heavy atom. The topological polar surface area (TPSA) is 76.1 Å². The van der Waals surface area contributed by atoms with Crippen LogP contribution in [0.25, 0.3) is 10.9 Å². The maximum absolute atomic E-state index is 13.4. The number of benzene rings is 2. The molecule has 0 fully saturated rings. The van der Waals surface area contributed by atoms with Crippen LogP contribution in [-0.2, 0) is 4.79 Å². The summed E-state index contributed by atoms with van der Waals surface area (Å²) in [4.78, 5) is 20.3. The largest absolute Gasteiger partial charge is 0.482 e. The van der Waals surface area contributed by atoms with Gasteiger partial charge in [0.25, 0.3) is 0 Å². The molecule has 0 aliphatic heterocycles. The molecule has 168 valence electrons. The van der Waals surface area contributed by atoms with Crippen molar-refractivity contribution >= 4 is 61.5 Å². The van der Waals surface area contributed by atoms with Crippen molar-refractivity contribution in [2.75, 3.05) is 22.6 Å². The quantitative estimate of drug-likeness (QED) is 0.221. The number of carbonyl (C=O) groups is 1. The molecule has 3 rings (SSSR count). The predicted molar refractivity (Wildman–Crippen MR) is 117 cm³/mol. The first kappa shape index (κ1) is 23.7. The molecule has 1 amide bonds. The molecule has 12 heteroatoms. The van der Waals surface area contributed by atoms with Crippen LogP contribution < -0.4 is 15.4 Å². The number of nitrogens with one attached hydrogen (secondary N) is 2. The lowest BCUT2D eigenvalue weighted by Gasteiger charge is -2.16. The molecule has 0 atom stereocenters. The fourth-order valence-corrected chi connectivity index (χ4v) is 2.96. The van der Waals surface area contributed by atoms with Gasteiger partial charge in [0.05, 0.1) is 16.2 Å². The van der Waals surface area contributed by atoms with Crippen molar-refractivity contribution in [2.24, 2.45) is 0 Å². The first-order valence-corrected chi connectivity index (χ1v) is 10.4. The third-order valence-electron chi connectivity index (χ3n) is 3.93. The summed E-state index contributed by atoms with van der Waals surface area (Å²) in [6.45, 7) is -1.55. The van der Waals surface area contributed by atoms with E-state index in [4.69, 9.17) is 16.3 Å². The van der Waals surface area contributed by atoms with E-state index in [9.17, 15) is 22.4 Å². The number of alkyl halides is 4. The van der Waals surface area contributed by atoms with Gasteiger partial charge in [-0.05, 0) is 24.3 Å². The van der Waals surface area contributed by atoms with Crippen LogP contribution in [0, 0.1) is 5.82 Å². The minimum Gasteiger partial charge on any atom is -0.482 e. The lowest BCUT2D eigenvalue weighted by molar-refractivity contribution is -0.153. The van der Waals surface area contributed by atoms with Gasteiger partial charge in [-0.15, -0.1) is 0 Å². The highest BCUT2D eigenvalue weighted by Crippen LogP contribution is 2.34. The molecule has 0 aliphatic rings. The van der Waals surface area contributed by atoms with E-state index in [2.05, 4.69) is 36.5 Å². The van der Waals surface area contributed by atoms with Gasteiger partial charge in [-0.2, -0.15) is 13.2 Å². The highest BCUT2D eigenvalue weighted by atomic mass is 79.9. The number of nitrogens with zero attached hydrogens (tertiary/aromatic N) is 2. The van der Waals surface area contributed by atoms with E-state index < -0.39 is 24.5 Å². The Morgan fingerprint density at radius 1 is 1.22 bits per heavy atom. The zero-order chi connectivity index (χ0) is 23.3. The van der Waals surface area contributed by atoms with Crippen molar-refractivity contribution in [1.29, 1.82) is 0 Å². The fourth-order valence-electron chi connectivity index (χ4n) is 2.60.